The van der Waals surface area contributed by atoms with E-state index in [2.05, 4.69) is 0 Å². The maximum Gasteiger partial charge on any atom is 0.138 e. The van der Waals surface area contributed by atoms with Crippen LogP contribution in [-0.2, 0) is 0 Å². The fourth-order valence-electron chi connectivity index (χ4n) is 0.989. The number of nitrogen functional groups attached to an aromatic ring is 1. The van der Waals surface area contributed by atoms with E-state index in [1.807, 2.05) is 19.1 Å². The molecule has 0 aliphatic rings. The number of anilines is 1. The number of nitrogens with two attached hydrogens (primary N) is 1. The van der Waals surface area contributed by atoms with Crippen molar-refractivity contribution in [3.63, 3.8) is 0 Å². The average molecular weight is 162 g/mol. The van der Waals surface area contributed by atoms with Crippen molar-refractivity contribution in [3.8, 4) is 11.8 Å². The number of hydrogen-bond donors (Lipinski definition) is 1. The molecule has 0 amide bonds. The summed E-state index contributed by atoms with van der Waals surface area (Å²) < 4.78 is 4.97. The summed E-state index contributed by atoms with van der Waals surface area (Å²) in [6.07, 6.45) is 0. The van der Waals surface area contributed by atoms with Crippen LogP contribution in [0.1, 0.15) is 11.1 Å². The van der Waals surface area contributed by atoms with E-state index in [0.717, 1.165) is 5.56 Å². The van der Waals surface area contributed by atoms with Crippen LogP contribution in [0.15, 0.2) is 12.1 Å². The van der Waals surface area contributed by atoms with Crippen molar-refractivity contribution in [2.45, 2.75) is 6.92 Å². The van der Waals surface area contributed by atoms with Crippen LogP contribution < -0.4 is 10.5 Å². The molecule has 62 valence electrons. The van der Waals surface area contributed by atoms with E-state index in [-0.39, 0.29) is 0 Å². The number of benzene rings is 1. The van der Waals surface area contributed by atoms with Crippen molar-refractivity contribution in [3.05, 3.63) is 23.3 Å². The Morgan fingerprint density at radius 2 is 2.17 bits per heavy atom. The van der Waals surface area contributed by atoms with E-state index in [9.17, 15) is 0 Å². The van der Waals surface area contributed by atoms with Gasteiger partial charge in [-0.2, -0.15) is 5.26 Å². The van der Waals surface area contributed by atoms with E-state index in [4.69, 9.17) is 15.7 Å². The molecule has 3 nitrogen and oxygen atoms in total. The van der Waals surface area contributed by atoms with Gasteiger partial charge in [-0.3, -0.25) is 0 Å². The molecule has 3 heteroatoms. The maximum atomic E-state index is 8.74. The highest BCUT2D eigenvalue weighted by Crippen LogP contribution is 2.25. The van der Waals surface area contributed by atoms with Crippen LogP contribution in [0.5, 0.6) is 5.75 Å². The molecule has 1 rings (SSSR count). The number of aryl methyl sites for hydroxylation is 1. The topological polar surface area (TPSA) is 59.0 Å². The van der Waals surface area contributed by atoms with Gasteiger partial charge < -0.3 is 10.5 Å². The minimum absolute atomic E-state index is 0.414. The molecule has 0 saturated carbocycles. The fourth-order valence-corrected chi connectivity index (χ4v) is 0.989. The zero-order valence-corrected chi connectivity index (χ0v) is 7.09. The third-order valence-electron chi connectivity index (χ3n) is 1.76. The van der Waals surface area contributed by atoms with Crippen LogP contribution in [0.2, 0.25) is 0 Å². The van der Waals surface area contributed by atoms with Gasteiger partial charge in [0.1, 0.15) is 17.4 Å². The Morgan fingerprint density at radius 3 is 2.67 bits per heavy atom. The molecule has 0 aliphatic carbocycles. The summed E-state index contributed by atoms with van der Waals surface area (Å²) >= 11 is 0. The quantitative estimate of drug-likeness (QED) is 0.636. The van der Waals surface area contributed by atoms with Gasteiger partial charge in [0.2, 0.25) is 0 Å². The molecule has 0 fully saturated rings. The van der Waals surface area contributed by atoms with Crippen LogP contribution in [0.3, 0.4) is 0 Å². The number of nitrogens with zero attached hydrogens (tertiary/aromatic N) is 1. The first-order valence-electron chi connectivity index (χ1n) is 3.54. The summed E-state index contributed by atoms with van der Waals surface area (Å²) in [5, 5.41) is 8.74. The molecule has 0 aliphatic heterocycles. The SMILES string of the molecule is COc1ccc(C)c(N)c1C#N. The van der Waals surface area contributed by atoms with Crippen molar-refractivity contribution in [2.75, 3.05) is 12.8 Å². The summed E-state index contributed by atoms with van der Waals surface area (Å²) in [6.45, 7) is 1.86. The van der Waals surface area contributed by atoms with Crippen molar-refractivity contribution < 1.29 is 4.74 Å². The summed E-state index contributed by atoms with van der Waals surface area (Å²) in [6, 6.07) is 5.57. The lowest BCUT2D eigenvalue weighted by atomic mass is 10.1. The van der Waals surface area contributed by atoms with Crippen LogP contribution in [0.4, 0.5) is 5.69 Å². The highest BCUT2D eigenvalue weighted by atomic mass is 16.5. The molecule has 0 saturated heterocycles. The van der Waals surface area contributed by atoms with E-state index in [0.29, 0.717) is 17.0 Å². The first kappa shape index (κ1) is 8.41. The Kier molecular flexibility index (Phi) is 2.20. The zero-order chi connectivity index (χ0) is 9.14. The summed E-state index contributed by atoms with van der Waals surface area (Å²) in [5.74, 6) is 0.528. The smallest absolute Gasteiger partial charge is 0.138 e. The molecule has 0 heterocycles. The van der Waals surface area contributed by atoms with Crippen LogP contribution in [-0.4, -0.2) is 7.11 Å². The Bertz CT molecular complexity index is 339. The number of hydrogen-bond acceptors (Lipinski definition) is 3. The van der Waals surface area contributed by atoms with Crippen molar-refractivity contribution in [1.82, 2.24) is 0 Å². The minimum atomic E-state index is 0.414. The average Bonchev–Trinajstić information content (AvgIpc) is 2.09. The molecule has 0 unspecified atom stereocenters. The van der Waals surface area contributed by atoms with E-state index in [1.54, 1.807) is 6.07 Å². The van der Waals surface area contributed by atoms with Gasteiger partial charge >= 0.3 is 0 Å². The van der Waals surface area contributed by atoms with E-state index >= 15 is 0 Å². The van der Waals surface area contributed by atoms with Gasteiger partial charge in [0.05, 0.1) is 12.8 Å². The molecule has 12 heavy (non-hydrogen) atoms. The standard InChI is InChI=1S/C9H10N2O/c1-6-3-4-8(12-2)7(5-10)9(6)11/h3-4H,11H2,1-2H3. The van der Waals surface area contributed by atoms with Gasteiger partial charge in [0.15, 0.2) is 0 Å². The molecule has 1 aromatic rings. The Hall–Kier alpha value is -1.69. The highest BCUT2D eigenvalue weighted by molar-refractivity contribution is 5.64. The largest absolute Gasteiger partial charge is 0.495 e. The molecule has 0 aromatic heterocycles. The highest BCUT2D eigenvalue weighted by Gasteiger charge is 2.07. The van der Waals surface area contributed by atoms with Gasteiger partial charge in [-0.1, -0.05) is 6.07 Å². The van der Waals surface area contributed by atoms with E-state index < -0.39 is 0 Å². The molecule has 1 aromatic carbocycles. The minimum Gasteiger partial charge on any atom is -0.495 e. The lowest BCUT2D eigenvalue weighted by Gasteiger charge is -2.06. The lowest BCUT2D eigenvalue weighted by molar-refractivity contribution is 0.413. The molecule has 2 N–H and O–H groups in total. The summed E-state index contributed by atoms with van der Waals surface area (Å²) in [4.78, 5) is 0. The predicted octanol–water partition coefficient (Wildman–Crippen LogP) is 1.46. The number of nitriles is 1. The molecular weight excluding hydrogens is 152 g/mol. The summed E-state index contributed by atoms with van der Waals surface area (Å²) in [5.41, 5.74) is 7.47. The predicted molar refractivity (Wildman–Crippen MR) is 46.9 cm³/mol. The molecule has 0 atom stereocenters. The fraction of sp³-hybridized carbons (Fsp3) is 0.222. The molecule has 0 radical (unpaired) electrons. The number of methoxy groups -OCH3 is 1. The first-order chi connectivity index (χ1) is 5.70. The number of rotatable bonds is 1. The Morgan fingerprint density at radius 1 is 1.50 bits per heavy atom. The maximum absolute atomic E-state index is 8.74. The van der Waals surface area contributed by atoms with Gasteiger partial charge in [0.25, 0.3) is 0 Å². The third kappa shape index (κ3) is 1.19. The normalized spacial score (nSPS) is 9.08. The monoisotopic (exact) mass is 162 g/mol. The van der Waals surface area contributed by atoms with Gasteiger partial charge in [-0.15, -0.1) is 0 Å². The third-order valence-corrected chi connectivity index (χ3v) is 1.76. The Labute approximate surface area is 71.4 Å². The van der Waals surface area contributed by atoms with Crippen LogP contribution >= 0.6 is 0 Å². The second kappa shape index (κ2) is 3.14. The van der Waals surface area contributed by atoms with Crippen LogP contribution in [0.25, 0.3) is 0 Å². The van der Waals surface area contributed by atoms with Gasteiger partial charge in [0, 0.05) is 0 Å². The van der Waals surface area contributed by atoms with Gasteiger partial charge in [-0.25, -0.2) is 0 Å². The Balaban J connectivity index is 3.38. The van der Waals surface area contributed by atoms with Crippen molar-refractivity contribution in [1.29, 1.82) is 5.26 Å². The molecule has 0 bridgehead atoms. The second-order valence-electron chi connectivity index (χ2n) is 2.49. The van der Waals surface area contributed by atoms with E-state index in [1.165, 1.54) is 7.11 Å². The van der Waals surface area contributed by atoms with Gasteiger partial charge in [-0.05, 0) is 18.6 Å². The zero-order valence-electron chi connectivity index (χ0n) is 7.09. The number of ether oxygens (including phenoxy) is 1. The first-order valence-corrected chi connectivity index (χ1v) is 3.54. The second-order valence-corrected chi connectivity index (χ2v) is 2.49. The van der Waals surface area contributed by atoms with Crippen molar-refractivity contribution >= 4 is 5.69 Å². The molecule has 0 spiro atoms. The molecular formula is C9H10N2O. The van der Waals surface area contributed by atoms with Crippen molar-refractivity contribution in [2.24, 2.45) is 0 Å². The summed E-state index contributed by atoms with van der Waals surface area (Å²) in [7, 11) is 1.52. The lowest BCUT2D eigenvalue weighted by Crippen LogP contribution is -1.97. The van der Waals surface area contributed by atoms with Crippen LogP contribution in [0, 0.1) is 18.3 Å².